The minimum Gasteiger partial charge on any atom is -0.497 e. The van der Waals surface area contributed by atoms with E-state index in [1.165, 1.54) is 5.56 Å². The molecule has 2 aromatic rings. The highest BCUT2D eigenvalue weighted by Crippen LogP contribution is 2.16. The van der Waals surface area contributed by atoms with Crippen molar-refractivity contribution in [3.05, 3.63) is 60.2 Å². The molecule has 0 spiro atoms. The predicted octanol–water partition coefficient (Wildman–Crippen LogP) is 2.57. The molecule has 0 atom stereocenters. The van der Waals surface area contributed by atoms with Crippen LogP contribution >= 0.6 is 0 Å². The van der Waals surface area contributed by atoms with E-state index in [0.29, 0.717) is 24.5 Å². The standard InChI is InChI=1S/C23H28N2O6/c1-29-19-12-14-20(15-13-19)31-17-22(27)25-24-21(26)10-5-11-23(28)30-16-6-9-18-7-3-2-4-8-18/h2-4,7-8,12-15H,5-6,9-11,16-17H2,1H3,(H,24,26)(H,25,27). The molecule has 0 saturated carbocycles. The lowest BCUT2D eigenvalue weighted by Gasteiger charge is -2.09. The first-order chi connectivity index (χ1) is 15.1. The predicted molar refractivity (Wildman–Crippen MR) is 114 cm³/mol. The van der Waals surface area contributed by atoms with Gasteiger partial charge >= 0.3 is 5.97 Å². The van der Waals surface area contributed by atoms with Crippen LogP contribution in [0.25, 0.3) is 0 Å². The van der Waals surface area contributed by atoms with Gasteiger partial charge in [0.2, 0.25) is 5.91 Å². The van der Waals surface area contributed by atoms with Crippen LogP contribution in [0.2, 0.25) is 0 Å². The van der Waals surface area contributed by atoms with E-state index < -0.39 is 11.8 Å². The highest BCUT2D eigenvalue weighted by atomic mass is 16.5. The monoisotopic (exact) mass is 428 g/mol. The van der Waals surface area contributed by atoms with Gasteiger partial charge in [-0.25, -0.2) is 0 Å². The van der Waals surface area contributed by atoms with E-state index in [1.807, 2.05) is 30.3 Å². The number of carbonyl (C=O) groups is 3. The van der Waals surface area contributed by atoms with Crippen LogP contribution in [-0.4, -0.2) is 38.1 Å². The molecule has 2 aromatic carbocycles. The largest absolute Gasteiger partial charge is 0.497 e. The lowest BCUT2D eigenvalue weighted by molar-refractivity contribution is -0.144. The second kappa shape index (κ2) is 13.6. The molecule has 0 fully saturated rings. The van der Waals surface area contributed by atoms with Gasteiger partial charge in [-0.05, 0) is 49.1 Å². The van der Waals surface area contributed by atoms with Crippen LogP contribution in [0.3, 0.4) is 0 Å². The van der Waals surface area contributed by atoms with Gasteiger partial charge in [-0.2, -0.15) is 0 Å². The summed E-state index contributed by atoms with van der Waals surface area (Å²) in [6, 6.07) is 16.7. The van der Waals surface area contributed by atoms with Gasteiger partial charge in [-0.3, -0.25) is 25.2 Å². The molecule has 2 amide bonds. The van der Waals surface area contributed by atoms with Crippen molar-refractivity contribution in [1.29, 1.82) is 0 Å². The van der Waals surface area contributed by atoms with Crippen molar-refractivity contribution < 1.29 is 28.6 Å². The zero-order valence-electron chi connectivity index (χ0n) is 17.6. The molecule has 0 aliphatic heterocycles. The number of rotatable bonds is 12. The van der Waals surface area contributed by atoms with Crippen molar-refractivity contribution in [3.63, 3.8) is 0 Å². The first-order valence-corrected chi connectivity index (χ1v) is 10.1. The van der Waals surface area contributed by atoms with E-state index in [9.17, 15) is 14.4 Å². The van der Waals surface area contributed by atoms with Crippen molar-refractivity contribution in [3.8, 4) is 11.5 Å². The Labute approximate surface area is 181 Å². The molecule has 0 radical (unpaired) electrons. The third-order valence-electron chi connectivity index (χ3n) is 4.27. The average Bonchev–Trinajstić information content (AvgIpc) is 2.80. The summed E-state index contributed by atoms with van der Waals surface area (Å²) in [6.07, 6.45) is 2.17. The lowest BCUT2D eigenvalue weighted by Crippen LogP contribution is -2.43. The van der Waals surface area contributed by atoms with Crippen molar-refractivity contribution in [2.45, 2.75) is 32.1 Å². The molecule has 0 aliphatic rings. The van der Waals surface area contributed by atoms with E-state index in [0.717, 1.165) is 12.8 Å². The second-order valence-corrected chi connectivity index (χ2v) is 6.72. The normalized spacial score (nSPS) is 10.1. The molecule has 0 aromatic heterocycles. The quantitative estimate of drug-likeness (QED) is 0.306. The summed E-state index contributed by atoms with van der Waals surface area (Å²) < 4.78 is 15.5. The third-order valence-corrected chi connectivity index (χ3v) is 4.27. The topological polar surface area (TPSA) is 103 Å². The third kappa shape index (κ3) is 10.2. The Hall–Kier alpha value is -3.55. The summed E-state index contributed by atoms with van der Waals surface area (Å²) in [5, 5.41) is 0. The Morgan fingerprint density at radius 3 is 2.19 bits per heavy atom. The minimum atomic E-state index is -0.498. The van der Waals surface area contributed by atoms with Crippen molar-refractivity contribution in [2.24, 2.45) is 0 Å². The minimum absolute atomic E-state index is 0.0960. The summed E-state index contributed by atoms with van der Waals surface area (Å²) in [7, 11) is 1.56. The first kappa shape index (κ1) is 23.7. The highest BCUT2D eigenvalue weighted by Gasteiger charge is 2.08. The summed E-state index contributed by atoms with van der Waals surface area (Å²) in [4.78, 5) is 35.2. The van der Waals surface area contributed by atoms with Gasteiger partial charge in [0.25, 0.3) is 5.91 Å². The molecule has 8 nitrogen and oxygen atoms in total. The molecule has 31 heavy (non-hydrogen) atoms. The summed E-state index contributed by atoms with van der Waals surface area (Å²) in [5.41, 5.74) is 5.76. The van der Waals surface area contributed by atoms with E-state index in [-0.39, 0.29) is 25.4 Å². The number of esters is 1. The maximum atomic E-state index is 11.8. The zero-order chi connectivity index (χ0) is 22.3. The van der Waals surface area contributed by atoms with E-state index in [4.69, 9.17) is 14.2 Å². The van der Waals surface area contributed by atoms with Gasteiger partial charge in [-0.1, -0.05) is 30.3 Å². The molecule has 0 bridgehead atoms. The number of hydrogen-bond donors (Lipinski definition) is 2. The molecule has 0 heterocycles. The van der Waals surface area contributed by atoms with Gasteiger partial charge in [0, 0.05) is 12.8 Å². The fourth-order valence-electron chi connectivity index (χ4n) is 2.63. The van der Waals surface area contributed by atoms with Crippen molar-refractivity contribution >= 4 is 17.8 Å². The van der Waals surface area contributed by atoms with E-state index >= 15 is 0 Å². The molecule has 0 unspecified atom stereocenters. The Morgan fingerprint density at radius 1 is 0.806 bits per heavy atom. The Bertz CT molecular complexity index is 824. The number of aryl methyl sites for hydroxylation is 1. The molecule has 2 rings (SSSR count). The number of amides is 2. The van der Waals surface area contributed by atoms with Gasteiger partial charge in [0.05, 0.1) is 13.7 Å². The summed E-state index contributed by atoms with van der Waals surface area (Å²) >= 11 is 0. The van der Waals surface area contributed by atoms with Crippen LogP contribution in [0.4, 0.5) is 0 Å². The number of hydrogen-bond acceptors (Lipinski definition) is 6. The number of hydrazine groups is 1. The summed E-state index contributed by atoms with van der Waals surface area (Å²) in [6.45, 7) is 0.103. The fraction of sp³-hybridized carbons (Fsp3) is 0.348. The average molecular weight is 428 g/mol. The lowest BCUT2D eigenvalue weighted by atomic mass is 10.1. The maximum absolute atomic E-state index is 11.8. The maximum Gasteiger partial charge on any atom is 0.305 e. The smallest absolute Gasteiger partial charge is 0.305 e. The van der Waals surface area contributed by atoms with Crippen LogP contribution in [0.15, 0.2) is 54.6 Å². The molecule has 0 saturated heterocycles. The summed E-state index contributed by atoms with van der Waals surface area (Å²) in [5.74, 6) is -0.0425. The number of ether oxygens (including phenoxy) is 3. The fourth-order valence-corrected chi connectivity index (χ4v) is 2.63. The van der Waals surface area contributed by atoms with Crippen LogP contribution < -0.4 is 20.3 Å². The van der Waals surface area contributed by atoms with Gasteiger partial charge < -0.3 is 14.2 Å². The van der Waals surface area contributed by atoms with E-state index in [2.05, 4.69) is 10.9 Å². The molecular formula is C23H28N2O6. The van der Waals surface area contributed by atoms with Crippen molar-refractivity contribution in [2.75, 3.05) is 20.3 Å². The number of carbonyl (C=O) groups excluding carboxylic acids is 3. The number of nitrogens with one attached hydrogen (secondary N) is 2. The Morgan fingerprint density at radius 2 is 1.48 bits per heavy atom. The van der Waals surface area contributed by atoms with Gasteiger partial charge in [0.15, 0.2) is 6.61 Å². The SMILES string of the molecule is COc1ccc(OCC(=O)NNC(=O)CCCC(=O)OCCCc2ccccc2)cc1. The molecule has 166 valence electrons. The van der Waals surface area contributed by atoms with Gasteiger partial charge in [-0.15, -0.1) is 0 Å². The highest BCUT2D eigenvalue weighted by molar-refractivity contribution is 5.83. The molecular weight excluding hydrogens is 400 g/mol. The Kier molecular flexibility index (Phi) is 10.4. The first-order valence-electron chi connectivity index (χ1n) is 10.1. The Balaban J connectivity index is 1.49. The molecule has 2 N–H and O–H groups in total. The van der Waals surface area contributed by atoms with Gasteiger partial charge in [0.1, 0.15) is 11.5 Å². The molecule has 0 aliphatic carbocycles. The molecule has 8 heteroatoms. The van der Waals surface area contributed by atoms with Crippen LogP contribution in [-0.2, 0) is 25.5 Å². The van der Waals surface area contributed by atoms with Crippen LogP contribution in [0.5, 0.6) is 11.5 Å². The number of benzene rings is 2. The van der Waals surface area contributed by atoms with Crippen LogP contribution in [0.1, 0.15) is 31.2 Å². The van der Waals surface area contributed by atoms with Crippen LogP contribution in [0, 0.1) is 0 Å². The van der Waals surface area contributed by atoms with Crippen molar-refractivity contribution in [1.82, 2.24) is 10.9 Å². The second-order valence-electron chi connectivity index (χ2n) is 6.72. The number of methoxy groups -OCH3 is 1. The van der Waals surface area contributed by atoms with E-state index in [1.54, 1.807) is 31.4 Å². The zero-order valence-corrected chi connectivity index (χ0v) is 17.6.